The van der Waals surface area contributed by atoms with Crippen LogP contribution in [-0.2, 0) is 19.1 Å². The maximum atomic E-state index is 12.6. The fourth-order valence-electron chi connectivity index (χ4n) is 2.91. The Kier molecular flexibility index (Phi) is 5.60. The number of carbonyl (C=O) groups excluding carboxylic acids is 2. The van der Waals surface area contributed by atoms with E-state index in [1.165, 1.54) is 0 Å². The molecule has 0 aliphatic heterocycles. The van der Waals surface area contributed by atoms with E-state index in [4.69, 9.17) is 9.47 Å². The van der Waals surface area contributed by atoms with E-state index in [1.54, 1.807) is 13.8 Å². The van der Waals surface area contributed by atoms with E-state index in [-0.39, 0.29) is 13.2 Å². The molecular weight excluding hydrogens is 244 g/mol. The lowest BCUT2D eigenvalue weighted by Gasteiger charge is -2.48. The number of hydrogen-bond acceptors (Lipinski definition) is 4. The van der Waals surface area contributed by atoms with Gasteiger partial charge >= 0.3 is 11.9 Å². The standard InChI is InChI=1S/C15H28O4/c1-9-18-11(16)15(13(3,4)5,14(6,7)8)12(17)19-10-2/h9-10H2,1-8H3. The number of esters is 2. The Labute approximate surface area is 116 Å². The fraction of sp³-hybridized carbons (Fsp3) is 0.867. The highest BCUT2D eigenvalue weighted by atomic mass is 16.6. The topological polar surface area (TPSA) is 52.6 Å². The molecule has 0 unspecified atom stereocenters. The number of hydrogen-bond donors (Lipinski definition) is 0. The van der Waals surface area contributed by atoms with Gasteiger partial charge in [-0.25, -0.2) is 0 Å². The second-order valence-electron chi connectivity index (χ2n) is 6.69. The van der Waals surface area contributed by atoms with Crippen LogP contribution in [0.15, 0.2) is 0 Å². The first-order valence-electron chi connectivity index (χ1n) is 6.81. The van der Waals surface area contributed by atoms with Crippen LogP contribution >= 0.6 is 0 Å². The zero-order chi connectivity index (χ0) is 15.5. The minimum atomic E-state index is -1.33. The van der Waals surface area contributed by atoms with Crippen LogP contribution in [0.2, 0.25) is 0 Å². The van der Waals surface area contributed by atoms with Gasteiger partial charge in [-0.3, -0.25) is 9.59 Å². The third-order valence-corrected chi connectivity index (χ3v) is 3.41. The van der Waals surface area contributed by atoms with Crippen LogP contribution in [-0.4, -0.2) is 25.2 Å². The molecule has 0 aliphatic carbocycles. The lowest BCUT2D eigenvalue weighted by molar-refractivity contribution is -0.194. The van der Waals surface area contributed by atoms with Gasteiger partial charge in [-0.2, -0.15) is 0 Å². The average Bonchev–Trinajstić information content (AvgIpc) is 2.13. The molecule has 0 aromatic rings. The molecule has 0 saturated heterocycles. The maximum absolute atomic E-state index is 12.6. The fourth-order valence-corrected chi connectivity index (χ4v) is 2.91. The molecule has 0 heterocycles. The van der Waals surface area contributed by atoms with Crippen LogP contribution in [0, 0.1) is 16.2 Å². The molecule has 0 radical (unpaired) electrons. The summed E-state index contributed by atoms with van der Waals surface area (Å²) in [6.07, 6.45) is 0. The van der Waals surface area contributed by atoms with Crippen molar-refractivity contribution in [2.75, 3.05) is 13.2 Å². The molecule has 0 atom stereocenters. The van der Waals surface area contributed by atoms with E-state index in [1.807, 2.05) is 41.5 Å². The summed E-state index contributed by atoms with van der Waals surface area (Å²) >= 11 is 0. The quantitative estimate of drug-likeness (QED) is 0.582. The summed E-state index contributed by atoms with van der Waals surface area (Å²) in [4.78, 5) is 25.1. The van der Waals surface area contributed by atoms with Gasteiger partial charge in [-0.1, -0.05) is 41.5 Å². The van der Waals surface area contributed by atoms with E-state index < -0.39 is 28.2 Å². The van der Waals surface area contributed by atoms with Gasteiger partial charge in [0.2, 0.25) is 0 Å². The predicted molar refractivity (Wildman–Crippen MR) is 74.6 cm³/mol. The smallest absolute Gasteiger partial charge is 0.324 e. The molecule has 0 rings (SSSR count). The van der Waals surface area contributed by atoms with Crippen LogP contribution < -0.4 is 0 Å². The lowest BCUT2D eigenvalue weighted by Crippen LogP contribution is -2.59. The molecular formula is C15H28O4. The van der Waals surface area contributed by atoms with E-state index >= 15 is 0 Å². The molecule has 4 nitrogen and oxygen atoms in total. The van der Waals surface area contributed by atoms with Gasteiger partial charge in [0.15, 0.2) is 5.41 Å². The highest BCUT2D eigenvalue weighted by Gasteiger charge is 2.64. The Hall–Kier alpha value is -1.06. The van der Waals surface area contributed by atoms with Crippen molar-refractivity contribution in [3.05, 3.63) is 0 Å². The van der Waals surface area contributed by atoms with Crippen LogP contribution in [0.5, 0.6) is 0 Å². The Bertz CT molecular complexity index is 297. The van der Waals surface area contributed by atoms with Crippen LogP contribution in [0.25, 0.3) is 0 Å². The SMILES string of the molecule is CCOC(=O)C(C(=O)OCC)(C(C)(C)C)C(C)(C)C. The molecule has 0 spiro atoms. The highest BCUT2D eigenvalue weighted by Crippen LogP contribution is 2.53. The van der Waals surface area contributed by atoms with Gasteiger partial charge in [-0.15, -0.1) is 0 Å². The second-order valence-corrected chi connectivity index (χ2v) is 6.69. The Morgan fingerprint density at radius 3 is 1.16 bits per heavy atom. The van der Waals surface area contributed by atoms with Gasteiger partial charge in [0.25, 0.3) is 0 Å². The summed E-state index contributed by atoms with van der Waals surface area (Å²) in [5.74, 6) is -1.01. The molecule has 19 heavy (non-hydrogen) atoms. The van der Waals surface area contributed by atoms with Crippen LogP contribution in [0.3, 0.4) is 0 Å². The van der Waals surface area contributed by atoms with Gasteiger partial charge in [-0.05, 0) is 24.7 Å². The first-order valence-corrected chi connectivity index (χ1v) is 6.81. The Morgan fingerprint density at radius 1 is 0.737 bits per heavy atom. The zero-order valence-corrected chi connectivity index (χ0v) is 13.5. The lowest BCUT2D eigenvalue weighted by atomic mass is 9.54. The molecule has 0 N–H and O–H groups in total. The van der Waals surface area contributed by atoms with E-state index in [2.05, 4.69) is 0 Å². The third kappa shape index (κ3) is 3.10. The van der Waals surface area contributed by atoms with Crippen molar-refractivity contribution in [1.82, 2.24) is 0 Å². The van der Waals surface area contributed by atoms with Crippen LogP contribution in [0.4, 0.5) is 0 Å². The molecule has 0 amide bonds. The minimum absolute atomic E-state index is 0.242. The van der Waals surface area contributed by atoms with E-state index in [0.717, 1.165) is 0 Å². The summed E-state index contributed by atoms with van der Waals surface area (Å²) in [6.45, 7) is 15.2. The highest BCUT2D eigenvalue weighted by molar-refractivity contribution is 6.02. The van der Waals surface area contributed by atoms with Gasteiger partial charge in [0, 0.05) is 0 Å². The van der Waals surface area contributed by atoms with Crippen molar-refractivity contribution < 1.29 is 19.1 Å². The summed E-state index contributed by atoms with van der Waals surface area (Å²) < 4.78 is 10.4. The summed E-state index contributed by atoms with van der Waals surface area (Å²) in [7, 11) is 0. The molecule has 0 bridgehead atoms. The molecule has 0 fully saturated rings. The van der Waals surface area contributed by atoms with Crippen molar-refractivity contribution in [1.29, 1.82) is 0 Å². The average molecular weight is 272 g/mol. The first kappa shape index (κ1) is 17.9. The molecule has 112 valence electrons. The monoisotopic (exact) mass is 272 g/mol. The van der Waals surface area contributed by atoms with Crippen molar-refractivity contribution in [2.24, 2.45) is 16.2 Å². The molecule has 4 heteroatoms. The largest absolute Gasteiger partial charge is 0.465 e. The van der Waals surface area contributed by atoms with Crippen LogP contribution in [0.1, 0.15) is 55.4 Å². The van der Waals surface area contributed by atoms with Gasteiger partial charge in [0.05, 0.1) is 13.2 Å². The van der Waals surface area contributed by atoms with Crippen molar-refractivity contribution >= 4 is 11.9 Å². The summed E-state index contributed by atoms with van der Waals surface area (Å²) in [6, 6.07) is 0. The molecule has 0 aliphatic rings. The summed E-state index contributed by atoms with van der Waals surface area (Å²) in [5, 5.41) is 0. The van der Waals surface area contributed by atoms with Gasteiger partial charge < -0.3 is 9.47 Å². The molecule has 0 aromatic carbocycles. The van der Waals surface area contributed by atoms with E-state index in [0.29, 0.717) is 0 Å². The van der Waals surface area contributed by atoms with Gasteiger partial charge in [0.1, 0.15) is 0 Å². The number of rotatable bonds is 4. The van der Waals surface area contributed by atoms with E-state index in [9.17, 15) is 9.59 Å². The number of ether oxygens (including phenoxy) is 2. The zero-order valence-electron chi connectivity index (χ0n) is 13.5. The Morgan fingerprint density at radius 2 is 1.00 bits per heavy atom. The first-order chi connectivity index (χ1) is 8.46. The molecule has 0 saturated carbocycles. The maximum Gasteiger partial charge on any atom is 0.324 e. The summed E-state index contributed by atoms with van der Waals surface area (Å²) in [5.41, 5.74) is -2.54. The number of carbonyl (C=O) groups is 2. The third-order valence-electron chi connectivity index (χ3n) is 3.41. The second kappa shape index (κ2) is 5.93. The molecule has 0 aromatic heterocycles. The van der Waals surface area contributed by atoms with Crippen molar-refractivity contribution in [2.45, 2.75) is 55.4 Å². The van der Waals surface area contributed by atoms with Crippen molar-refractivity contribution in [3.63, 3.8) is 0 Å². The Balaban J connectivity index is 6.05. The minimum Gasteiger partial charge on any atom is -0.465 e. The normalized spacial score (nSPS) is 13.1. The predicted octanol–water partition coefficient (Wildman–Crippen LogP) is 3.19. The van der Waals surface area contributed by atoms with Crippen molar-refractivity contribution in [3.8, 4) is 0 Å².